The van der Waals surface area contributed by atoms with Crippen molar-refractivity contribution >= 4 is 0 Å². The monoisotopic (exact) mass is 309 g/mol. The normalized spacial score (nSPS) is 20.0. The zero-order valence-electron chi connectivity index (χ0n) is 11.5. The number of benzene rings is 1. The van der Waals surface area contributed by atoms with Crippen LogP contribution in [0, 0.1) is 29.1 Å². The molecule has 2 nitrogen and oxygen atoms in total. The lowest BCUT2D eigenvalue weighted by Gasteiger charge is -2.20. The lowest BCUT2D eigenvalue weighted by Crippen LogP contribution is -2.23. The van der Waals surface area contributed by atoms with Gasteiger partial charge in [-0.15, -0.1) is 0 Å². The molecule has 1 aromatic carbocycles. The second kappa shape index (κ2) is 6.70. The highest BCUT2D eigenvalue weighted by atomic mass is 19.2. The maximum Gasteiger partial charge on any atom is 0.200 e. The summed E-state index contributed by atoms with van der Waals surface area (Å²) in [4.78, 5) is 0. The molecular formula is C14H16F5NO. The Morgan fingerprint density at radius 3 is 2.10 bits per heavy atom. The lowest BCUT2D eigenvalue weighted by atomic mass is 9.97. The molecule has 1 aromatic rings. The van der Waals surface area contributed by atoms with Crippen LogP contribution in [-0.2, 0) is 4.74 Å². The van der Waals surface area contributed by atoms with Crippen molar-refractivity contribution < 1.29 is 26.7 Å². The molecule has 1 saturated heterocycles. The van der Waals surface area contributed by atoms with E-state index in [1.54, 1.807) is 0 Å². The Balaban J connectivity index is 2.24. The highest BCUT2D eigenvalue weighted by Crippen LogP contribution is 2.31. The molecule has 1 N–H and O–H groups in total. The summed E-state index contributed by atoms with van der Waals surface area (Å²) in [6, 6.07) is -0.959. The van der Waals surface area contributed by atoms with Gasteiger partial charge in [-0.2, -0.15) is 0 Å². The third-order valence-electron chi connectivity index (χ3n) is 3.74. The third-order valence-corrected chi connectivity index (χ3v) is 3.74. The van der Waals surface area contributed by atoms with Crippen molar-refractivity contribution in [1.82, 2.24) is 5.32 Å². The SMILES string of the molecule is CNC(CCC1CCCO1)c1c(F)c(F)c(F)c(F)c1F. The van der Waals surface area contributed by atoms with Gasteiger partial charge < -0.3 is 10.1 Å². The predicted octanol–water partition coefficient (Wildman–Crippen LogP) is 3.60. The van der Waals surface area contributed by atoms with Gasteiger partial charge in [0.1, 0.15) is 0 Å². The number of rotatable bonds is 5. The molecule has 1 heterocycles. The van der Waals surface area contributed by atoms with Crippen LogP contribution in [-0.4, -0.2) is 19.8 Å². The number of hydrogen-bond donors (Lipinski definition) is 1. The van der Waals surface area contributed by atoms with E-state index in [4.69, 9.17) is 4.74 Å². The van der Waals surface area contributed by atoms with Crippen molar-refractivity contribution in [2.75, 3.05) is 13.7 Å². The summed E-state index contributed by atoms with van der Waals surface area (Å²) >= 11 is 0. The molecular weight excluding hydrogens is 293 g/mol. The second-order valence-corrected chi connectivity index (χ2v) is 5.04. The van der Waals surface area contributed by atoms with E-state index in [9.17, 15) is 22.0 Å². The fourth-order valence-electron chi connectivity index (χ4n) is 2.59. The van der Waals surface area contributed by atoms with Crippen LogP contribution in [0.5, 0.6) is 0 Å². The molecule has 0 radical (unpaired) electrons. The molecule has 0 amide bonds. The summed E-state index contributed by atoms with van der Waals surface area (Å²) in [6.07, 6.45) is 2.44. The maximum atomic E-state index is 13.7. The van der Waals surface area contributed by atoms with Gasteiger partial charge in [-0.25, -0.2) is 22.0 Å². The number of ether oxygens (including phenoxy) is 1. The summed E-state index contributed by atoms with van der Waals surface area (Å²) in [7, 11) is 1.41. The number of nitrogens with one attached hydrogen (secondary N) is 1. The van der Waals surface area contributed by atoms with Crippen LogP contribution in [0.3, 0.4) is 0 Å². The average Bonchev–Trinajstić information content (AvgIpc) is 3.00. The largest absolute Gasteiger partial charge is 0.378 e. The zero-order valence-corrected chi connectivity index (χ0v) is 11.5. The molecule has 0 saturated carbocycles. The topological polar surface area (TPSA) is 21.3 Å². The summed E-state index contributed by atoms with van der Waals surface area (Å²) in [6.45, 7) is 0.636. The van der Waals surface area contributed by atoms with E-state index < -0.39 is 40.7 Å². The van der Waals surface area contributed by atoms with Crippen LogP contribution in [0.4, 0.5) is 22.0 Å². The first-order valence-electron chi connectivity index (χ1n) is 6.77. The Labute approximate surface area is 119 Å². The van der Waals surface area contributed by atoms with E-state index >= 15 is 0 Å². The molecule has 2 atom stereocenters. The van der Waals surface area contributed by atoms with Crippen LogP contribution in [0.25, 0.3) is 0 Å². The Bertz CT molecular complexity index is 488. The van der Waals surface area contributed by atoms with Gasteiger partial charge in [-0.1, -0.05) is 0 Å². The lowest BCUT2D eigenvalue weighted by molar-refractivity contribution is 0.0995. The first kappa shape index (κ1) is 16.2. The van der Waals surface area contributed by atoms with Gasteiger partial charge in [0.15, 0.2) is 23.3 Å². The second-order valence-electron chi connectivity index (χ2n) is 5.04. The number of hydrogen-bond acceptors (Lipinski definition) is 2. The molecule has 21 heavy (non-hydrogen) atoms. The van der Waals surface area contributed by atoms with Gasteiger partial charge in [0.05, 0.1) is 6.10 Å². The Morgan fingerprint density at radius 1 is 1.05 bits per heavy atom. The average molecular weight is 309 g/mol. The van der Waals surface area contributed by atoms with Crippen molar-refractivity contribution in [2.24, 2.45) is 0 Å². The zero-order chi connectivity index (χ0) is 15.6. The van der Waals surface area contributed by atoms with Crippen LogP contribution in [0.15, 0.2) is 0 Å². The van der Waals surface area contributed by atoms with Crippen molar-refractivity contribution in [3.8, 4) is 0 Å². The predicted molar refractivity (Wildman–Crippen MR) is 66.2 cm³/mol. The Hall–Kier alpha value is -1.21. The summed E-state index contributed by atoms with van der Waals surface area (Å²) in [5, 5.41) is 2.61. The van der Waals surface area contributed by atoms with Crippen LogP contribution >= 0.6 is 0 Å². The van der Waals surface area contributed by atoms with Gasteiger partial charge in [0, 0.05) is 18.2 Å². The van der Waals surface area contributed by atoms with E-state index in [2.05, 4.69) is 5.32 Å². The molecule has 0 aromatic heterocycles. The smallest absolute Gasteiger partial charge is 0.200 e. The van der Waals surface area contributed by atoms with Gasteiger partial charge in [0.25, 0.3) is 0 Å². The first-order valence-corrected chi connectivity index (χ1v) is 6.77. The van der Waals surface area contributed by atoms with E-state index in [1.165, 1.54) is 7.05 Å². The minimum absolute atomic E-state index is 0.0258. The van der Waals surface area contributed by atoms with Gasteiger partial charge in [-0.05, 0) is 32.7 Å². The third kappa shape index (κ3) is 3.18. The molecule has 0 spiro atoms. The van der Waals surface area contributed by atoms with E-state index in [0.717, 1.165) is 12.8 Å². The van der Waals surface area contributed by atoms with E-state index in [0.29, 0.717) is 13.0 Å². The molecule has 0 bridgehead atoms. The minimum Gasteiger partial charge on any atom is -0.378 e. The first-order chi connectivity index (χ1) is 9.97. The molecule has 1 aliphatic heterocycles. The molecule has 2 unspecified atom stereocenters. The molecule has 2 rings (SSSR count). The fraction of sp³-hybridized carbons (Fsp3) is 0.571. The van der Waals surface area contributed by atoms with E-state index in [1.807, 2.05) is 0 Å². The van der Waals surface area contributed by atoms with Crippen LogP contribution in [0.1, 0.15) is 37.3 Å². The Kier molecular flexibility index (Phi) is 5.16. The summed E-state index contributed by atoms with van der Waals surface area (Å²) in [5.41, 5.74) is -0.813. The maximum absolute atomic E-state index is 13.7. The van der Waals surface area contributed by atoms with Crippen molar-refractivity contribution in [1.29, 1.82) is 0 Å². The van der Waals surface area contributed by atoms with Crippen molar-refractivity contribution in [3.63, 3.8) is 0 Å². The van der Waals surface area contributed by atoms with Crippen molar-refractivity contribution in [2.45, 2.75) is 37.8 Å². The molecule has 1 fully saturated rings. The summed E-state index contributed by atoms with van der Waals surface area (Å²) in [5.74, 6) is -9.53. The standard InChI is InChI=1S/C14H16F5NO/c1-20-8(5-4-7-3-2-6-21-7)9-10(15)12(17)14(19)13(18)11(9)16/h7-8,20H,2-6H2,1H3. The molecule has 0 aliphatic carbocycles. The molecule has 7 heteroatoms. The fourth-order valence-corrected chi connectivity index (χ4v) is 2.59. The summed E-state index contributed by atoms with van der Waals surface area (Å²) < 4.78 is 72.4. The minimum atomic E-state index is -2.14. The van der Waals surface area contributed by atoms with Crippen LogP contribution in [0.2, 0.25) is 0 Å². The van der Waals surface area contributed by atoms with Crippen LogP contribution < -0.4 is 5.32 Å². The molecule has 1 aliphatic rings. The van der Waals surface area contributed by atoms with Gasteiger partial charge in [-0.3, -0.25) is 0 Å². The van der Waals surface area contributed by atoms with Gasteiger partial charge in [0.2, 0.25) is 5.82 Å². The van der Waals surface area contributed by atoms with Crippen molar-refractivity contribution in [3.05, 3.63) is 34.6 Å². The Morgan fingerprint density at radius 2 is 1.62 bits per heavy atom. The number of halogens is 5. The van der Waals surface area contributed by atoms with Gasteiger partial charge >= 0.3 is 0 Å². The quantitative estimate of drug-likeness (QED) is 0.510. The molecule has 118 valence electrons. The van der Waals surface area contributed by atoms with E-state index in [-0.39, 0.29) is 12.5 Å². The highest BCUT2D eigenvalue weighted by molar-refractivity contribution is 5.27. The highest BCUT2D eigenvalue weighted by Gasteiger charge is 2.30.